The maximum atomic E-state index is 6.04. The second-order valence-corrected chi connectivity index (χ2v) is 4.91. The molecule has 0 fully saturated rings. The molecule has 0 amide bonds. The molecule has 0 spiro atoms. The van der Waals surface area contributed by atoms with Crippen molar-refractivity contribution >= 4 is 23.2 Å². The summed E-state index contributed by atoms with van der Waals surface area (Å²) < 4.78 is 5.67. The van der Waals surface area contributed by atoms with Gasteiger partial charge >= 0.3 is 0 Å². The summed E-state index contributed by atoms with van der Waals surface area (Å²) in [7, 11) is 0. The maximum absolute atomic E-state index is 6.04. The molecule has 0 aliphatic heterocycles. The zero-order chi connectivity index (χ0) is 14.4. The summed E-state index contributed by atoms with van der Waals surface area (Å²) in [4.78, 5) is 0. The van der Waals surface area contributed by atoms with Gasteiger partial charge < -0.3 is 10.5 Å². The molecule has 2 N–H and O–H groups in total. The zero-order valence-corrected chi connectivity index (χ0v) is 12.2. The van der Waals surface area contributed by atoms with Gasteiger partial charge in [-0.05, 0) is 29.8 Å². The van der Waals surface area contributed by atoms with Crippen LogP contribution in [0, 0.1) is 11.8 Å². The minimum absolute atomic E-state index is 0.346. The Morgan fingerprint density at radius 2 is 1.95 bits per heavy atom. The summed E-state index contributed by atoms with van der Waals surface area (Å²) in [6.07, 6.45) is 0. The summed E-state index contributed by atoms with van der Waals surface area (Å²) in [5, 5.41) is 1.13. The van der Waals surface area contributed by atoms with E-state index in [9.17, 15) is 0 Å². The lowest BCUT2D eigenvalue weighted by Crippen LogP contribution is -1.97. The first-order valence-electron chi connectivity index (χ1n) is 6.05. The number of benzene rings is 2. The van der Waals surface area contributed by atoms with Crippen LogP contribution in [-0.2, 0) is 6.61 Å². The predicted molar refractivity (Wildman–Crippen MR) is 83.2 cm³/mol. The van der Waals surface area contributed by atoms with Crippen LogP contribution >= 0.6 is 23.2 Å². The van der Waals surface area contributed by atoms with Crippen LogP contribution in [0.5, 0.6) is 5.75 Å². The molecule has 0 aliphatic rings. The van der Waals surface area contributed by atoms with Crippen molar-refractivity contribution in [3.63, 3.8) is 0 Å². The molecule has 2 aromatic carbocycles. The minimum Gasteiger partial charge on any atom is -0.487 e. The molecule has 0 bridgehead atoms. The summed E-state index contributed by atoms with van der Waals surface area (Å²) in [5.41, 5.74) is 7.27. The van der Waals surface area contributed by atoms with E-state index in [0.717, 1.165) is 11.1 Å². The van der Waals surface area contributed by atoms with E-state index in [1.165, 1.54) is 0 Å². The highest BCUT2D eigenvalue weighted by Crippen LogP contribution is 2.28. The predicted octanol–water partition coefficient (Wildman–Crippen LogP) is 3.88. The fourth-order valence-electron chi connectivity index (χ4n) is 1.64. The minimum atomic E-state index is 0.346. The van der Waals surface area contributed by atoms with Crippen molar-refractivity contribution in [2.24, 2.45) is 5.73 Å². The zero-order valence-electron chi connectivity index (χ0n) is 10.7. The van der Waals surface area contributed by atoms with Crippen LogP contribution in [0.15, 0.2) is 42.5 Å². The molecule has 0 saturated heterocycles. The van der Waals surface area contributed by atoms with Crippen molar-refractivity contribution in [1.29, 1.82) is 0 Å². The van der Waals surface area contributed by atoms with E-state index >= 15 is 0 Å². The number of halogens is 2. The second kappa shape index (κ2) is 7.21. The van der Waals surface area contributed by atoms with Gasteiger partial charge in [0.2, 0.25) is 0 Å². The second-order valence-electron chi connectivity index (χ2n) is 4.07. The maximum Gasteiger partial charge on any atom is 0.139 e. The molecule has 2 rings (SSSR count). The topological polar surface area (TPSA) is 35.2 Å². The molecular formula is C16H13Cl2NO. The normalized spacial score (nSPS) is 9.75. The van der Waals surface area contributed by atoms with E-state index in [0.29, 0.717) is 28.9 Å². The highest BCUT2D eigenvalue weighted by Gasteiger charge is 2.03. The van der Waals surface area contributed by atoms with Gasteiger partial charge in [0.15, 0.2) is 0 Å². The highest BCUT2D eigenvalue weighted by atomic mass is 35.5. The van der Waals surface area contributed by atoms with Crippen LogP contribution in [0.3, 0.4) is 0 Å². The molecule has 20 heavy (non-hydrogen) atoms. The first kappa shape index (κ1) is 14.7. The highest BCUT2D eigenvalue weighted by molar-refractivity contribution is 6.34. The summed E-state index contributed by atoms with van der Waals surface area (Å²) >= 11 is 12.0. The molecule has 2 aromatic rings. The molecule has 2 nitrogen and oxygen atoms in total. The summed E-state index contributed by atoms with van der Waals surface area (Å²) in [6.45, 7) is 0.747. The van der Waals surface area contributed by atoms with E-state index in [-0.39, 0.29) is 0 Å². The monoisotopic (exact) mass is 305 g/mol. The average Bonchev–Trinajstić information content (AvgIpc) is 2.46. The Morgan fingerprint density at radius 3 is 2.75 bits per heavy atom. The number of rotatable bonds is 3. The van der Waals surface area contributed by atoms with Gasteiger partial charge in [-0.3, -0.25) is 0 Å². The van der Waals surface area contributed by atoms with Gasteiger partial charge in [-0.2, -0.15) is 0 Å². The number of ether oxygens (including phenoxy) is 1. The van der Waals surface area contributed by atoms with E-state index in [4.69, 9.17) is 33.7 Å². The summed E-state index contributed by atoms with van der Waals surface area (Å²) in [5.74, 6) is 6.37. The molecule has 0 unspecified atom stereocenters. The average molecular weight is 306 g/mol. The Labute approximate surface area is 128 Å². The van der Waals surface area contributed by atoms with Crippen molar-refractivity contribution in [1.82, 2.24) is 0 Å². The van der Waals surface area contributed by atoms with Crippen molar-refractivity contribution in [2.75, 3.05) is 6.54 Å². The van der Waals surface area contributed by atoms with Crippen molar-refractivity contribution < 1.29 is 4.74 Å². The van der Waals surface area contributed by atoms with Crippen LogP contribution in [0.2, 0.25) is 10.0 Å². The van der Waals surface area contributed by atoms with Gasteiger partial charge in [0.25, 0.3) is 0 Å². The van der Waals surface area contributed by atoms with Crippen LogP contribution in [0.25, 0.3) is 0 Å². The van der Waals surface area contributed by atoms with Gasteiger partial charge in [0.05, 0.1) is 11.6 Å². The standard InChI is InChI=1S/C16H13Cl2NO/c17-14-6-7-15(18)16(10-14)20-11-13-4-1-3-12(9-13)5-2-8-19/h1,3-4,6-7,9-10H,8,11,19H2. The first-order chi connectivity index (χ1) is 9.69. The quantitative estimate of drug-likeness (QED) is 0.873. The Balaban J connectivity index is 2.09. The van der Waals surface area contributed by atoms with Crippen LogP contribution in [0.1, 0.15) is 11.1 Å². The van der Waals surface area contributed by atoms with Crippen molar-refractivity contribution in [3.8, 4) is 17.6 Å². The molecular weight excluding hydrogens is 293 g/mol. The van der Waals surface area contributed by atoms with Crippen LogP contribution in [-0.4, -0.2) is 6.54 Å². The van der Waals surface area contributed by atoms with E-state index in [1.54, 1.807) is 18.2 Å². The van der Waals surface area contributed by atoms with E-state index in [1.807, 2.05) is 24.3 Å². The molecule has 102 valence electrons. The lowest BCUT2D eigenvalue weighted by Gasteiger charge is -2.08. The van der Waals surface area contributed by atoms with Crippen LogP contribution in [0.4, 0.5) is 0 Å². The number of nitrogens with two attached hydrogens (primary N) is 1. The Kier molecular flexibility index (Phi) is 5.31. The van der Waals surface area contributed by atoms with Gasteiger partial charge in [0.1, 0.15) is 12.4 Å². The Hall–Kier alpha value is -1.66. The molecule has 0 heterocycles. The lowest BCUT2D eigenvalue weighted by molar-refractivity contribution is 0.306. The Bertz CT molecular complexity index is 659. The third kappa shape index (κ3) is 4.18. The smallest absolute Gasteiger partial charge is 0.139 e. The Morgan fingerprint density at radius 1 is 1.10 bits per heavy atom. The molecule has 0 aromatic heterocycles. The van der Waals surface area contributed by atoms with Crippen LogP contribution < -0.4 is 10.5 Å². The molecule has 0 aliphatic carbocycles. The van der Waals surface area contributed by atoms with Gasteiger partial charge in [0, 0.05) is 16.7 Å². The fourth-order valence-corrected chi connectivity index (χ4v) is 1.98. The SMILES string of the molecule is NCC#Cc1cccc(COc2cc(Cl)ccc2Cl)c1. The third-order valence-electron chi connectivity index (χ3n) is 2.55. The molecule has 0 radical (unpaired) electrons. The van der Waals surface area contributed by atoms with Gasteiger partial charge in [-0.15, -0.1) is 0 Å². The largest absolute Gasteiger partial charge is 0.487 e. The van der Waals surface area contributed by atoms with Crippen molar-refractivity contribution in [3.05, 3.63) is 63.6 Å². The van der Waals surface area contributed by atoms with E-state index < -0.39 is 0 Å². The third-order valence-corrected chi connectivity index (χ3v) is 3.10. The summed E-state index contributed by atoms with van der Waals surface area (Å²) in [6, 6.07) is 12.9. The fraction of sp³-hybridized carbons (Fsp3) is 0.125. The lowest BCUT2D eigenvalue weighted by atomic mass is 10.1. The number of hydrogen-bond donors (Lipinski definition) is 1. The van der Waals surface area contributed by atoms with Gasteiger partial charge in [-0.25, -0.2) is 0 Å². The van der Waals surface area contributed by atoms with Crippen molar-refractivity contribution in [2.45, 2.75) is 6.61 Å². The van der Waals surface area contributed by atoms with E-state index in [2.05, 4.69) is 11.8 Å². The molecule has 0 saturated carbocycles. The first-order valence-corrected chi connectivity index (χ1v) is 6.80. The molecule has 0 atom stereocenters. The van der Waals surface area contributed by atoms with Gasteiger partial charge in [-0.1, -0.05) is 47.2 Å². The molecule has 4 heteroatoms. The number of hydrogen-bond acceptors (Lipinski definition) is 2.